The number of aliphatic hydroxyl groups excluding tert-OH is 1. The predicted molar refractivity (Wildman–Crippen MR) is 75.5 cm³/mol. The van der Waals surface area contributed by atoms with Gasteiger partial charge >= 0.3 is 0 Å². The van der Waals surface area contributed by atoms with E-state index in [9.17, 15) is 0 Å². The summed E-state index contributed by atoms with van der Waals surface area (Å²) in [5.41, 5.74) is 1.83. The Kier molecular flexibility index (Phi) is 4.62. The third kappa shape index (κ3) is 3.04. The van der Waals surface area contributed by atoms with Gasteiger partial charge in [-0.25, -0.2) is 0 Å². The Bertz CT molecular complexity index is 454. The molecule has 3 nitrogen and oxygen atoms in total. The number of hydrogen-bond acceptors (Lipinski definition) is 3. The molecule has 0 radical (unpaired) electrons. The number of benzene rings is 1. The van der Waals surface area contributed by atoms with Crippen LogP contribution in [-0.2, 0) is 0 Å². The zero-order valence-corrected chi connectivity index (χ0v) is 11.9. The third-order valence-corrected chi connectivity index (χ3v) is 4.15. The molecule has 1 fully saturated rings. The van der Waals surface area contributed by atoms with Crippen molar-refractivity contribution in [3.05, 3.63) is 28.2 Å². The highest BCUT2D eigenvalue weighted by Gasteiger charge is 2.20. The zero-order valence-electron chi connectivity index (χ0n) is 10.3. The highest BCUT2D eigenvalue weighted by atomic mass is 79.9. The second-order valence-electron chi connectivity index (χ2n) is 4.74. The Morgan fingerprint density at radius 1 is 1.50 bits per heavy atom. The quantitative estimate of drug-likeness (QED) is 0.934. The monoisotopic (exact) mass is 308 g/mol. The molecule has 2 rings (SSSR count). The summed E-state index contributed by atoms with van der Waals surface area (Å²) in [6.07, 6.45) is 3.25. The molecule has 1 saturated heterocycles. The van der Waals surface area contributed by atoms with E-state index in [0.717, 1.165) is 29.7 Å². The van der Waals surface area contributed by atoms with Crippen molar-refractivity contribution in [1.82, 2.24) is 0 Å². The van der Waals surface area contributed by atoms with Crippen LogP contribution in [0.25, 0.3) is 0 Å². The van der Waals surface area contributed by atoms with Crippen LogP contribution in [0, 0.1) is 17.2 Å². The maximum Gasteiger partial charge on any atom is 0.100 e. The highest BCUT2D eigenvalue weighted by Crippen LogP contribution is 2.28. The largest absolute Gasteiger partial charge is 0.396 e. The molecule has 18 heavy (non-hydrogen) atoms. The molecular weight excluding hydrogens is 292 g/mol. The summed E-state index contributed by atoms with van der Waals surface area (Å²) in [7, 11) is 0. The number of rotatable bonds is 3. The van der Waals surface area contributed by atoms with Gasteiger partial charge in [-0.05, 0) is 59.3 Å². The molecule has 0 amide bonds. The number of nitriles is 1. The number of anilines is 1. The van der Waals surface area contributed by atoms with E-state index in [0.29, 0.717) is 11.5 Å². The van der Waals surface area contributed by atoms with Crippen LogP contribution < -0.4 is 4.90 Å². The number of nitrogens with zero attached hydrogens (tertiary/aromatic N) is 2. The van der Waals surface area contributed by atoms with Crippen molar-refractivity contribution in [1.29, 1.82) is 5.26 Å². The second kappa shape index (κ2) is 6.21. The van der Waals surface area contributed by atoms with Gasteiger partial charge in [-0.1, -0.05) is 0 Å². The van der Waals surface area contributed by atoms with E-state index < -0.39 is 0 Å². The van der Waals surface area contributed by atoms with Crippen LogP contribution in [0.3, 0.4) is 0 Å². The van der Waals surface area contributed by atoms with Gasteiger partial charge in [0.25, 0.3) is 0 Å². The Hall–Kier alpha value is -1.05. The number of halogens is 1. The molecule has 1 aromatic carbocycles. The van der Waals surface area contributed by atoms with Crippen LogP contribution in [0.15, 0.2) is 22.7 Å². The molecule has 96 valence electrons. The van der Waals surface area contributed by atoms with E-state index >= 15 is 0 Å². The summed E-state index contributed by atoms with van der Waals surface area (Å²) in [5.74, 6) is 0.582. The number of piperidine rings is 1. The van der Waals surface area contributed by atoms with Crippen LogP contribution >= 0.6 is 15.9 Å². The van der Waals surface area contributed by atoms with E-state index in [2.05, 4.69) is 26.9 Å². The molecule has 1 heterocycles. The average Bonchev–Trinajstić information content (AvgIpc) is 2.39. The van der Waals surface area contributed by atoms with Gasteiger partial charge < -0.3 is 10.0 Å². The normalized spacial score (nSPS) is 19.6. The van der Waals surface area contributed by atoms with Crippen molar-refractivity contribution in [2.75, 3.05) is 24.6 Å². The molecule has 0 bridgehead atoms. The van der Waals surface area contributed by atoms with E-state index in [1.165, 1.54) is 12.8 Å². The van der Waals surface area contributed by atoms with Gasteiger partial charge in [-0.3, -0.25) is 0 Å². The minimum Gasteiger partial charge on any atom is -0.396 e. The minimum absolute atomic E-state index is 0.273. The lowest BCUT2D eigenvalue weighted by atomic mass is 9.95. The van der Waals surface area contributed by atoms with Gasteiger partial charge in [0, 0.05) is 29.9 Å². The predicted octanol–water partition coefficient (Wildman–Crippen LogP) is 2.92. The van der Waals surface area contributed by atoms with Gasteiger partial charge in [0.15, 0.2) is 0 Å². The first-order chi connectivity index (χ1) is 8.74. The van der Waals surface area contributed by atoms with Crippen molar-refractivity contribution in [3.63, 3.8) is 0 Å². The fraction of sp³-hybridized carbons (Fsp3) is 0.500. The number of hydrogen-bond donors (Lipinski definition) is 1. The second-order valence-corrected chi connectivity index (χ2v) is 5.60. The van der Waals surface area contributed by atoms with Gasteiger partial charge in [-0.2, -0.15) is 5.26 Å². The number of aliphatic hydroxyl groups is 1. The van der Waals surface area contributed by atoms with Crippen molar-refractivity contribution >= 4 is 21.6 Å². The fourth-order valence-corrected chi connectivity index (χ4v) is 2.96. The summed E-state index contributed by atoms with van der Waals surface area (Å²) < 4.78 is 0.854. The SMILES string of the molecule is N#Cc1ccc(N2CCCC(CCO)C2)cc1Br. The fourth-order valence-electron chi connectivity index (χ4n) is 2.51. The lowest BCUT2D eigenvalue weighted by molar-refractivity contribution is 0.244. The van der Waals surface area contributed by atoms with E-state index in [4.69, 9.17) is 10.4 Å². The summed E-state index contributed by atoms with van der Waals surface area (Å²) in [6, 6.07) is 8.03. The molecule has 1 aromatic rings. The first kappa shape index (κ1) is 13.4. The molecule has 1 aliphatic rings. The molecule has 4 heteroatoms. The lowest BCUT2D eigenvalue weighted by Gasteiger charge is -2.34. The Balaban J connectivity index is 2.11. The molecule has 1 aliphatic heterocycles. The topological polar surface area (TPSA) is 47.3 Å². The lowest BCUT2D eigenvalue weighted by Crippen LogP contribution is -2.35. The van der Waals surface area contributed by atoms with Crippen molar-refractivity contribution in [3.8, 4) is 6.07 Å². The van der Waals surface area contributed by atoms with Crippen LogP contribution in [0.5, 0.6) is 0 Å². The van der Waals surface area contributed by atoms with Crippen molar-refractivity contribution in [2.24, 2.45) is 5.92 Å². The first-order valence-electron chi connectivity index (χ1n) is 6.30. The van der Waals surface area contributed by atoms with Crippen LogP contribution in [0.1, 0.15) is 24.8 Å². The van der Waals surface area contributed by atoms with Crippen LogP contribution in [0.2, 0.25) is 0 Å². The maximum atomic E-state index is 9.03. The van der Waals surface area contributed by atoms with Crippen LogP contribution in [-0.4, -0.2) is 24.8 Å². The Labute approximate surface area is 116 Å². The Morgan fingerprint density at radius 3 is 3.00 bits per heavy atom. The van der Waals surface area contributed by atoms with Gasteiger partial charge in [0.2, 0.25) is 0 Å². The van der Waals surface area contributed by atoms with Gasteiger partial charge in [-0.15, -0.1) is 0 Å². The summed E-state index contributed by atoms with van der Waals surface area (Å²) >= 11 is 3.43. The first-order valence-corrected chi connectivity index (χ1v) is 7.09. The molecule has 0 aromatic heterocycles. The molecule has 1 atom stereocenters. The van der Waals surface area contributed by atoms with Crippen molar-refractivity contribution in [2.45, 2.75) is 19.3 Å². The van der Waals surface area contributed by atoms with Crippen LogP contribution in [0.4, 0.5) is 5.69 Å². The standard InChI is InChI=1S/C14H17BrN2O/c15-14-8-13(4-3-12(14)9-16)17-6-1-2-11(10-17)5-7-18/h3-4,8,11,18H,1-2,5-7,10H2. The smallest absolute Gasteiger partial charge is 0.100 e. The van der Waals surface area contributed by atoms with Gasteiger partial charge in [0.1, 0.15) is 6.07 Å². The highest BCUT2D eigenvalue weighted by molar-refractivity contribution is 9.10. The maximum absolute atomic E-state index is 9.03. The van der Waals surface area contributed by atoms with E-state index in [1.807, 2.05) is 18.2 Å². The molecule has 0 aliphatic carbocycles. The zero-order chi connectivity index (χ0) is 13.0. The summed E-state index contributed by atoms with van der Waals surface area (Å²) in [5, 5.41) is 17.9. The molecular formula is C14H17BrN2O. The van der Waals surface area contributed by atoms with E-state index in [1.54, 1.807) is 0 Å². The van der Waals surface area contributed by atoms with Gasteiger partial charge in [0.05, 0.1) is 5.56 Å². The molecule has 1 unspecified atom stereocenters. The summed E-state index contributed by atoms with van der Waals surface area (Å²) in [4.78, 5) is 2.34. The third-order valence-electron chi connectivity index (χ3n) is 3.49. The molecule has 0 spiro atoms. The van der Waals surface area contributed by atoms with E-state index in [-0.39, 0.29) is 6.61 Å². The Morgan fingerprint density at radius 2 is 2.33 bits per heavy atom. The molecule has 0 saturated carbocycles. The van der Waals surface area contributed by atoms with Crippen molar-refractivity contribution < 1.29 is 5.11 Å². The minimum atomic E-state index is 0.273. The summed E-state index contributed by atoms with van der Waals surface area (Å²) in [6.45, 7) is 2.33. The molecule has 1 N–H and O–H groups in total. The average molecular weight is 309 g/mol.